The maximum absolute atomic E-state index is 5.54. The summed E-state index contributed by atoms with van der Waals surface area (Å²) in [5.74, 6) is 0.666. The Bertz CT molecular complexity index is 3680. The summed E-state index contributed by atoms with van der Waals surface area (Å²) in [6.45, 7) is 27.7. The van der Waals surface area contributed by atoms with E-state index in [2.05, 4.69) is 274 Å². The van der Waals surface area contributed by atoms with Gasteiger partial charge in [0.15, 0.2) is 5.82 Å². The summed E-state index contributed by atoms with van der Waals surface area (Å²) in [6.07, 6.45) is 0. The molecule has 72 heavy (non-hydrogen) atoms. The molecule has 11 rings (SSSR count). The normalized spacial score (nSPS) is 12.7. The van der Waals surface area contributed by atoms with Gasteiger partial charge in [-0.2, -0.15) is 0 Å². The fourth-order valence-corrected chi connectivity index (χ4v) is 10.6. The molecule has 0 aliphatic heterocycles. The number of benzene rings is 8. The molecule has 0 aliphatic carbocycles. The Kier molecular flexibility index (Phi) is 11.1. The zero-order valence-electron chi connectivity index (χ0n) is 44.1. The Hall–Kier alpha value is -7.56. The first-order chi connectivity index (χ1) is 34.2. The van der Waals surface area contributed by atoms with Gasteiger partial charge in [-0.3, -0.25) is 0 Å². The maximum Gasteiger partial charge on any atom is 0.161 e. The van der Waals surface area contributed by atoms with Gasteiger partial charge in [0.25, 0.3) is 0 Å². The predicted molar refractivity (Wildman–Crippen MR) is 307 cm³/mol. The molecule has 0 saturated carbocycles. The van der Waals surface area contributed by atoms with E-state index in [0.717, 1.165) is 61.6 Å². The molecule has 0 fully saturated rings. The van der Waals surface area contributed by atoms with E-state index in [-0.39, 0.29) is 21.7 Å². The molecule has 0 atom stereocenters. The van der Waals surface area contributed by atoms with Gasteiger partial charge in [0.05, 0.1) is 44.8 Å². The summed E-state index contributed by atoms with van der Waals surface area (Å²) in [5.41, 5.74) is 18.9. The molecule has 0 bridgehead atoms. The van der Waals surface area contributed by atoms with Gasteiger partial charge in [-0.1, -0.05) is 198 Å². The van der Waals surface area contributed by atoms with Crippen LogP contribution in [-0.2, 0) is 21.7 Å². The molecule has 11 aromatic rings. The second kappa shape index (κ2) is 17.1. The molecule has 3 heterocycles. The van der Waals surface area contributed by atoms with Crippen LogP contribution in [-0.4, -0.2) is 19.1 Å². The minimum absolute atomic E-state index is 0.0213. The number of fused-ring (bicyclic) bond motifs is 6. The molecule has 0 saturated heterocycles. The van der Waals surface area contributed by atoms with Crippen LogP contribution in [0.3, 0.4) is 0 Å². The van der Waals surface area contributed by atoms with Crippen molar-refractivity contribution in [3.63, 3.8) is 0 Å². The van der Waals surface area contributed by atoms with Gasteiger partial charge in [0, 0.05) is 49.4 Å². The van der Waals surface area contributed by atoms with Crippen molar-refractivity contribution >= 4 is 43.6 Å². The van der Waals surface area contributed by atoms with Crippen LogP contribution in [0.25, 0.3) is 100 Å². The van der Waals surface area contributed by atoms with E-state index in [4.69, 9.17) is 9.97 Å². The third-order valence-electron chi connectivity index (χ3n) is 14.8. The van der Waals surface area contributed by atoms with E-state index < -0.39 is 0 Å². The van der Waals surface area contributed by atoms with Crippen molar-refractivity contribution in [3.05, 3.63) is 204 Å². The number of rotatable bonds is 6. The Balaban J connectivity index is 1.29. The van der Waals surface area contributed by atoms with Crippen LogP contribution in [0.2, 0.25) is 0 Å². The second-order valence-electron chi connectivity index (χ2n) is 24.0. The summed E-state index contributed by atoms with van der Waals surface area (Å²) >= 11 is 0. The molecular formula is C68H66N4. The van der Waals surface area contributed by atoms with Crippen LogP contribution >= 0.6 is 0 Å². The standard InChI is InChI=1S/C68H66N4/c1-65(2,3)45-30-34-58-51(38-45)52-39-46(66(4,5)6)31-35-59(52)71(58)57-28-20-19-26-49(57)63-50(64-69-55(43-22-15-13-16-23-43)42-56(70-64)44-24-17-14-18-25-44)27-21-29-62(63)72-60-36-32-47(67(7,8)9)40-53(60)54-41-48(68(10,11)12)33-37-61(54)72/h13-42H,1-12H3. The summed E-state index contributed by atoms with van der Waals surface area (Å²) in [4.78, 5) is 11.1. The lowest BCUT2D eigenvalue weighted by molar-refractivity contribution is 0.590. The summed E-state index contributed by atoms with van der Waals surface area (Å²) < 4.78 is 5.02. The zero-order valence-corrected chi connectivity index (χ0v) is 44.1. The highest BCUT2D eigenvalue weighted by molar-refractivity contribution is 6.12. The van der Waals surface area contributed by atoms with E-state index >= 15 is 0 Å². The van der Waals surface area contributed by atoms with Crippen molar-refractivity contribution in [1.82, 2.24) is 19.1 Å². The van der Waals surface area contributed by atoms with Crippen molar-refractivity contribution in [1.29, 1.82) is 0 Å². The molecule has 4 heteroatoms. The number of hydrogen-bond acceptors (Lipinski definition) is 2. The van der Waals surface area contributed by atoms with Gasteiger partial charge in [-0.05, 0) is 111 Å². The molecule has 358 valence electrons. The summed E-state index contributed by atoms with van der Waals surface area (Å²) in [7, 11) is 0. The van der Waals surface area contributed by atoms with Gasteiger partial charge in [0.1, 0.15) is 0 Å². The third-order valence-corrected chi connectivity index (χ3v) is 14.8. The molecule has 3 aromatic heterocycles. The zero-order chi connectivity index (χ0) is 50.5. The summed E-state index contributed by atoms with van der Waals surface area (Å²) in [6, 6.07) is 67.3. The van der Waals surface area contributed by atoms with E-state index in [1.807, 2.05) is 0 Å². The Morgan fingerprint density at radius 3 is 1.03 bits per heavy atom. The minimum Gasteiger partial charge on any atom is -0.309 e. The van der Waals surface area contributed by atoms with Crippen molar-refractivity contribution in [2.24, 2.45) is 0 Å². The van der Waals surface area contributed by atoms with Crippen molar-refractivity contribution in [3.8, 4) is 56.4 Å². The van der Waals surface area contributed by atoms with E-state index in [1.54, 1.807) is 0 Å². The van der Waals surface area contributed by atoms with Crippen molar-refractivity contribution in [2.45, 2.75) is 105 Å². The van der Waals surface area contributed by atoms with Crippen LogP contribution in [0.1, 0.15) is 105 Å². The highest BCUT2D eigenvalue weighted by Gasteiger charge is 2.28. The van der Waals surface area contributed by atoms with Crippen LogP contribution in [0, 0.1) is 0 Å². The molecule has 0 spiro atoms. The first-order valence-electron chi connectivity index (χ1n) is 25.7. The number of hydrogen-bond donors (Lipinski definition) is 0. The van der Waals surface area contributed by atoms with Crippen LogP contribution in [0.15, 0.2) is 182 Å². The molecule has 0 unspecified atom stereocenters. The van der Waals surface area contributed by atoms with E-state index in [1.165, 1.54) is 54.8 Å². The quantitative estimate of drug-likeness (QED) is 0.167. The van der Waals surface area contributed by atoms with Crippen molar-refractivity contribution < 1.29 is 0 Å². The van der Waals surface area contributed by atoms with Crippen LogP contribution < -0.4 is 0 Å². The lowest BCUT2D eigenvalue weighted by atomic mass is 9.85. The topological polar surface area (TPSA) is 35.6 Å². The Labute approximate surface area is 426 Å². The average molecular weight is 939 g/mol. The highest BCUT2D eigenvalue weighted by Crippen LogP contribution is 2.47. The monoisotopic (exact) mass is 939 g/mol. The lowest BCUT2D eigenvalue weighted by Gasteiger charge is -2.23. The van der Waals surface area contributed by atoms with E-state index in [0.29, 0.717) is 5.82 Å². The van der Waals surface area contributed by atoms with Gasteiger partial charge in [0.2, 0.25) is 0 Å². The predicted octanol–water partition coefficient (Wildman–Crippen LogP) is 18.5. The minimum atomic E-state index is -0.0323. The second-order valence-corrected chi connectivity index (χ2v) is 24.0. The first-order valence-corrected chi connectivity index (χ1v) is 25.7. The molecule has 0 aliphatic rings. The molecular weight excluding hydrogens is 873 g/mol. The lowest BCUT2D eigenvalue weighted by Crippen LogP contribution is -2.10. The number of aromatic nitrogens is 4. The Morgan fingerprint density at radius 1 is 0.306 bits per heavy atom. The molecule has 0 amide bonds. The van der Waals surface area contributed by atoms with Crippen LogP contribution in [0.4, 0.5) is 0 Å². The SMILES string of the molecule is CC(C)(C)c1ccc2c(c1)c1cc(C(C)(C)C)ccc1n2-c1ccccc1-c1c(-c2nc(-c3ccccc3)cc(-c3ccccc3)n2)cccc1-n1c2ccc(C(C)(C)C)cc2c2cc(C(C)(C)C)ccc21. The smallest absolute Gasteiger partial charge is 0.161 e. The van der Waals surface area contributed by atoms with Gasteiger partial charge >= 0.3 is 0 Å². The molecule has 8 aromatic carbocycles. The largest absolute Gasteiger partial charge is 0.309 e. The number of nitrogens with zero attached hydrogens (tertiary/aromatic N) is 4. The van der Waals surface area contributed by atoms with Gasteiger partial charge in [-0.25, -0.2) is 9.97 Å². The van der Waals surface area contributed by atoms with Crippen LogP contribution in [0.5, 0.6) is 0 Å². The number of para-hydroxylation sites is 1. The average Bonchev–Trinajstić information content (AvgIpc) is 3.87. The molecule has 0 radical (unpaired) electrons. The first kappa shape index (κ1) is 46.8. The fraction of sp³-hybridized carbons (Fsp3) is 0.235. The molecule has 0 N–H and O–H groups in total. The fourth-order valence-electron chi connectivity index (χ4n) is 10.6. The molecule has 4 nitrogen and oxygen atoms in total. The Morgan fingerprint density at radius 2 is 0.639 bits per heavy atom. The van der Waals surface area contributed by atoms with Crippen molar-refractivity contribution in [2.75, 3.05) is 0 Å². The van der Waals surface area contributed by atoms with Gasteiger partial charge in [-0.15, -0.1) is 0 Å². The maximum atomic E-state index is 5.54. The highest BCUT2D eigenvalue weighted by atomic mass is 15.0. The summed E-state index contributed by atoms with van der Waals surface area (Å²) in [5, 5.41) is 5.00. The van der Waals surface area contributed by atoms with Gasteiger partial charge < -0.3 is 9.13 Å². The third kappa shape index (κ3) is 8.21. The van der Waals surface area contributed by atoms with E-state index in [9.17, 15) is 0 Å².